The minimum atomic E-state index is -1.08. The molecule has 0 radical (unpaired) electrons. The molecule has 0 fully saturated rings. The number of rotatable bonds is 7. The van der Waals surface area contributed by atoms with Crippen LogP contribution in [0.15, 0.2) is 36.4 Å². The number of amides is 2. The highest BCUT2D eigenvalue weighted by Crippen LogP contribution is 2.31. The van der Waals surface area contributed by atoms with E-state index in [1.807, 2.05) is 6.26 Å². The molecular formula is C22H20FNO6S. The van der Waals surface area contributed by atoms with Crippen LogP contribution in [0.4, 0.5) is 4.39 Å². The summed E-state index contributed by atoms with van der Waals surface area (Å²) < 4.78 is 30.0. The van der Waals surface area contributed by atoms with Gasteiger partial charge in [-0.2, -0.15) is 11.8 Å². The van der Waals surface area contributed by atoms with Crippen LogP contribution in [0.1, 0.15) is 38.3 Å². The van der Waals surface area contributed by atoms with Crippen molar-refractivity contribution >= 4 is 29.5 Å². The highest BCUT2D eigenvalue weighted by Gasteiger charge is 2.43. The molecule has 2 aliphatic rings. The summed E-state index contributed by atoms with van der Waals surface area (Å²) in [4.78, 5) is 39.6. The number of benzene rings is 2. The van der Waals surface area contributed by atoms with E-state index >= 15 is 0 Å². The van der Waals surface area contributed by atoms with Crippen LogP contribution in [0.2, 0.25) is 0 Å². The number of ether oxygens (including phenoxy) is 3. The van der Waals surface area contributed by atoms with Crippen LogP contribution in [0.25, 0.3) is 0 Å². The first-order valence-corrected chi connectivity index (χ1v) is 11.0. The molecular weight excluding hydrogens is 425 g/mol. The fraction of sp³-hybridized carbons (Fsp3) is 0.318. The summed E-state index contributed by atoms with van der Waals surface area (Å²) in [6.07, 6.45) is 2.11. The molecule has 0 spiro atoms. The van der Waals surface area contributed by atoms with Crippen LogP contribution in [0.3, 0.4) is 0 Å². The number of carbonyl (C=O) groups excluding carboxylic acids is 3. The number of fused-ring (bicyclic) bond motifs is 2. The number of imide groups is 1. The molecule has 0 saturated carbocycles. The Kier molecular flexibility index (Phi) is 6.24. The van der Waals surface area contributed by atoms with Gasteiger partial charge in [0.25, 0.3) is 11.8 Å². The van der Waals surface area contributed by atoms with E-state index in [9.17, 15) is 18.8 Å². The molecule has 2 amide bonds. The summed E-state index contributed by atoms with van der Waals surface area (Å²) >= 11 is 1.49. The van der Waals surface area contributed by atoms with Gasteiger partial charge in [0, 0.05) is 11.1 Å². The van der Waals surface area contributed by atoms with Gasteiger partial charge in [0.15, 0.2) is 6.79 Å². The number of hydrogen-bond donors (Lipinski definition) is 0. The molecule has 7 nitrogen and oxygen atoms in total. The van der Waals surface area contributed by atoms with Crippen LogP contribution in [0.5, 0.6) is 5.75 Å². The number of carbonyl (C=O) groups is 3. The Morgan fingerprint density at radius 1 is 1.23 bits per heavy atom. The van der Waals surface area contributed by atoms with Crippen LogP contribution < -0.4 is 4.74 Å². The highest BCUT2D eigenvalue weighted by molar-refractivity contribution is 7.98. The standard InChI is InChI=1S/C22H20FNO6S/c1-31-7-6-18(24-20(25)16-4-2-3-5-17(16)21(24)26)22(27)29-11-14-9-15(23)8-13-10-28-12-30-19(13)14/h2-5,8-9,18H,6-7,10-12H2,1H3. The van der Waals surface area contributed by atoms with Crippen molar-refractivity contribution in [1.29, 1.82) is 0 Å². The first-order valence-electron chi connectivity index (χ1n) is 9.65. The smallest absolute Gasteiger partial charge is 0.329 e. The lowest BCUT2D eigenvalue weighted by Crippen LogP contribution is -2.46. The average Bonchev–Trinajstić information content (AvgIpc) is 3.03. The van der Waals surface area contributed by atoms with Crippen molar-refractivity contribution in [2.75, 3.05) is 18.8 Å². The third kappa shape index (κ3) is 4.15. The fourth-order valence-corrected chi connectivity index (χ4v) is 4.14. The van der Waals surface area contributed by atoms with Gasteiger partial charge < -0.3 is 14.2 Å². The van der Waals surface area contributed by atoms with E-state index in [2.05, 4.69) is 0 Å². The summed E-state index contributed by atoms with van der Waals surface area (Å²) in [5.74, 6) is -1.31. The first kappa shape index (κ1) is 21.3. The second kappa shape index (κ2) is 9.07. The van der Waals surface area contributed by atoms with E-state index in [4.69, 9.17) is 14.2 Å². The molecule has 0 saturated heterocycles. The molecule has 162 valence electrons. The zero-order chi connectivity index (χ0) is 22.0. The van der Waals surface area contributed by atoms with Gasteiger partial charge in [-0.3, -0.25) is 14.5 Å². The largest absolute Gasteiger partial charge is 0.467 e. The van der Waals surface area contributed by atoms with Crippen molar-refractivity contribution in [1.82, 2.24) is 4.90 Å². The maximum Gasteiger partial charge on any atom is 0.329 e. The zero-order valence-corrected chi connectivity index (χ0v) is 17.6. The molecule has 2 aromatic rings. The van der Waals surface area contributed by atoms with E-state index in [0.717, 1.165) is 4.90 Å². The lowest BCUT2D eigenvalue weighted by Gasteiger charge is -2.25. The van der Waals surface area contributed by atoms with Gasteiger partial charge in [0.05, 0.1) is 17.7 Å². The molecule has 31 heavy (non-hydrogen) atoms. The third-order valence-electron chi connectivity index (χ3n) is 5.13. The van der Waals surface area contributed by atoms with Crippen molar-refractivity contribution < 1.29 is 33.0 Å². The normalized spacial score (nSPS) is 15.9. The van der Waals surface area contributed by atoms with Gasteiger partial charge in [-0.25, -0.2) is 9.18 Å². The topological polar surface area (TPSA) is 82.1 Å². The molecule has 0 N–H and O–H groups in total. The van der Waals surface area contributed by atoms with Crippen molar-refractivity contribution in [3.8, 4) is 5.75 Å². The van der Waals surface area contributed by atoms with Gasteiger partial charge in [-0.1, -0.05) is 12.1 Å². The molecule has 1 unspecified atom stereocenters. The maximum absolute atomic E-state index is 14.0. The van der Waals surface area contributed by atoms with Crippen LogP contribution in [-0.4, -0.2) is 47.5 Å². The first-order chi connectivity index (χ1) is 15.0. The monoisotopic (exact) mass is 445 g/mol. The lowest BCUT2D eigenvalue weighted by molar-refractivity contribution is -0.149. The Labute approximate surface area is 182 Å². The molecule has 2 aliphatic heterocycles. The number of thioether (sulfide) groups is 1. The average molecular weight is 445 g/mol. The summed E-state index contributed by atoms with van der Waals surface area (Å²) in [6.45, 7) is -0.0394. The summed E-state index contributed by atoms with van der Waals surface area (Å²) in [7, 11) is 0. The van der Waals surface area contributed by atoms with Gasteiger partial charge in [0.2, 0.25) is 0 Å². The molecule has 9 heteroatoms. The summed E-state index contributed by atoms with van der Waals surface area (Å²) in [6, 6.07) is 7.92. The van der Waals surface area contributed by atoms with E-state index in [1.165, 1.54) is 23.9 Å². The van der Waals surface area contributed by atoms with Crippen molar-refractivity contribution in [3.05, 3.63) is 64.5 Å². The molecule has 2 heterocycles. The molecule has 0 aromatic heterocycles. The van der Waals surface area contributed by atoms with E-state index in [0.29, 0.717) is 22.6 Å². The van der Waals surface area contributed by atoms with E-state index < -0.39 is 29.6 Å². The summed E-state index contributed by atoms with van der Waals surface area (Å²) in [5, 5.41) is 0. The molecule has 0 bridgehead atoms. The van der Waals surface area contributed by atoms with Crippen molar-refractivity contribution in [2.45, 2.75) is 25.7 Å². The van der Waals surface area contributed by atoms with Gasteiger partial charge >= 0.3 is 5.97 Å². The maximum atomic E-state index is 14.0. The van der Waals surface area contributed by atoms with Crippen LogP contribution in [0, 0.1) is 5.82 Å². The number of nitrogens with zero attached hydrogens (tertiary/aromatic N) is 1. The van der Waals surface area contributed by atoms with Gasteiger partial charge in [-0.15, -0.1) is 0 Å². The zero-order valence-electron chi connectivity index (χ0n) is 16.8. The van der Waals surface area contributed by atoms with E-state index in [-0.39, 0.29) is 37.6 Å². The van der Waals surface area contributed by atoms with E-state index in [1.54, 1.807) is 24.3 Å². The Balaban J connectivity index is 1.55. The molecule has 2 aromatic carbocycles. The third-order valence-corrected chi connectivity index (χ3v) is 5.77. The minimum Gasteiger partial charge on any atom is -0.467 e. The number of hydrogen-bond acceptors (Lipinski definition) is 7. The minimum absolute atomic E-state index is 0.0188. The van der Waals surface area contributed by atoms with Gasteiger partial charge in [-0.05, 0) is 42.7 Å². The Hall–Kier alpha value is -2.91. The van der Waals surface area contributed by atoms with Crippen LogP contribution in [-0.2, 0) is 27.5 Å². The predicted molar refractivity (Wildman–Crippen MR) is 110 cm³/mol. The van der Waals surface area contributed by atoms with Gasteiger partial charge in [0.1, 0.15) is 24.2 Å². The quantitative estimate of drug-likeness (QED) is 0.478. The Morgan fingerprint density at radius 3 is 2.61 bits per heavy atom. The lowest BCUT2D eigenvalue weighted by atomic mass is 10.1. The Morgan fingerprint density at radius 2 is 1.94 bits per heavy atom. The summed E-state index contributed by atoms with van der Waals surface area (Å²) in [5.41, 5.74) is 1.42. The number of esters is 1. The SMILES string of the molecule is CSCCC(C(=O)OCc1cc(F)cc2c1OCOC2)N1C(=O)c2ccccc2C1=O. The van der Waals surface area contributed by atoms with Crippen molar-refractivity contribution in [3.63, 3.8) is 0 Å². The van der Waals surface area contributed by atoms with Crippen molar-refractivity contribution in [2.24, 2.45) is 0 Å². The number of halogens is 1. The molecule has 1 atom stereocenters. The fourth-order valence-electron chi connectivity index (χ4n) is 3.68. The highest BCUT2D eigenvalue weighted by atomic mass is 32.2. The Bertz CT molecular complexity index is 1010. The second-order valence-corrected chi connectivity index (χ2v) is 8.08. The molecule has 0 aliphatic carbocycles. The molecule has 4 rings (SSSR count). The van der Waals surface area contributed by atoms with Crippen LogP contribution >= 0.6 is 11.8 Å². The predicted octanol–water partition coefficient (Wildman–Crippen LogP) is 3.15. The second-order valence-electron chi connectivity index (χ2n) is 7.09.